The molecule has 9 heteroatoms. The number of carboxylic acids is 1. The number of carboxylic acid groups (broad SMARTS) is 1. The smallest absolute Gasteiger partial charge is 0.334 e. The van der Waals surface area contributed by atoms with Crippen LogP contribution in [0.5, 0.6) is 0 Å². The lowest BCUT2D eigenvalue weighted by Gasteiger charge is -2.06. The molecule has 1 heterocycles. The summed E-state index contributed by atoms with van der Waals surface area (Å²) < 4.78 is 1.06. The largest absolute Gasteiger partial charge is 0.479 e. The van der Waals surface area contributed by atoms with Gasteiger partial charge in [-0.25, -0.2) is 9.36 Å². The van der Waals surface area contributed by atoms with E-state index in [-0.39, 0.29) is 11.5 Å². The molecular weight excluding hydrogens is 246 g/mol. The minimum absolute atomic E-state index is 0.000659. The van der Waals surface area contributed by atoms with E-state index in [0.717, 1.165) is 10.6 Å². The lowest BCUT2D eigenvalue weighted by atomic mass is 10.3. The second-order valence-electron chi connectivity index (χ2n) is 3.46. The highest BCUT2D eigenvalue weighted by Crippen LogP contribution is 2.14. The van der Waals surface area contributed by atoms with E-state index >= 15 is 0 Å². The number of aliphatic carboxylic acids is 1. The molecule has 0 spiro atoms. The first-order valence-corrected chi connectivity index (χ1v) is 4.83. The third kappa shape index (κ3) is 2.83. The summed E-state index contributed by atoms with van der Waals surface area (Å²) in [6.07, 6.45) is -1.72. The van der Waals surface area contributed by atoms with Crippen LogP contribution in [-0.2, 0) is 11.8 Å². The number of nitrogens with zero attached hydrogens (tertiary/aromatic N) is 2. The Morgan fingerprint density at radius 2 is 2.17 bits per heavy atom. The SMILES string of the molecule is Cn1c(C(=O)NCC(O)C(=O)O)ccc1[N+](=O)[O-]. The zero-order valence-corrected chi connectivity index (χ0v) is 9.36. The van der Waals surface area contributed by atoms with E-state index in [0.29, 0.717) is 0 Å². The van der Waals surface area contributed by atoms with Crippen molar-refractivity contribution in [3.63, 3.8) is 0 Å². The standard InChI is InChI=1S/C9H11N3O6/c1-11-5(2-3-7(11)12(17)18)8(14)10-4-6(13)9(15)16/h2-3,6,13H,4H2,1H3,(H,10,14)(H,15,16). The number of aromatic nitrogens is 1. The number of amides is 1. The monoisotopic (exact) mass is 257 g/mol. The van der Waals surface area contributed by atoms with Crippen molar-refractivity contribution in [1.29, 1.82) is 0 Å². The van der Waals surface area contributed by atoms with Crippen LogP contribution in [0.1, 0.15) is 10.5 Å². The van der Waals surface area contributed by atoms with Gasteiger partial charge in [0, 0.05) is 6.07 Å². The fourth-order valence-corrected chi connectivity index (χ4v) is 1.28. The van der Waals surface area contributed by atoms with Crippen LogP contribution in [0.3, 0.4) is 0 Å². The van der Waals surface area contributed by atoms with Crippen molar-refractivity contribution in [3.05, 3.63) is 27.9 Å². The summed E-state index contributed by atoms with van der Waals surface area (Å²) in [5, 5.41) is 30.1. The molecule has 98 valence electrons. The van der Waals surface area contributed by atoms with Gasteiger partial charge in [0.1, 0.15) is 0 Å². The molecule has 0 aromatic carbocycles. The molecule has 0 aliphatic carbocycles. The van der Waals surface area contributed by atoms with Gasteiger partial charge in [0.05, 0.1) is 13.6 Å². The van der Waals surface area contributed by atoms with E-state index in [1.54, 1.807) is 0 Å². The molecule has 1 amide bonds. The third-order valence-corrected chi connectivity index (χ3v) is 2.26. The Labute approximate surface area is 101 Å². The number of aliphatic hydroxyl groups excluding tert-OH is 1. The van der Waals surface area contributed by atoms with Gasteiger partial charge in [0.2, 0.25) is 0 Å². The number of carbonyl (C=O) groups is 2. The molecule has 1 atom stereocenters. The highest BCUT2D eigenvalue weighted by atomic mass is 16.6. The lowest BCUT2D eigenvalue weighted by Crippen LogP contribution is -2.37. The molecule has 0 bridgehead atoms. The van der Waals surface area contributed by atoms with Crippen LogP contribution in [0.15, 0.2) is 12.1 Å². The van der Waals surface area contributed by atoms with Gasteiger partial charge in [-0.1, -0.05) is 0 Å². The van der Waals surface area contributed by atoms with Gasteiger partial charge in [0.25, 0.3) is 5.91 Å². The molecule has 9 nitrogen and oxygen atoms in total. The van der Waals surface area contributed by atoms with Gasteiger partial charge >= 0.3 is 11.8 Å². The Hall–Kier alpha value is -2.42. The van der Waals surface area contributed by atoms with Gasteiger partial charge in [-0.05, 0) is 11.0 Å². The normalized spacial score (nSPS) is 11.9. The molecule has 1 rings (SSSR count). The van der Waals surface area contributed by atoms with Crippen molar-refractivity contribution in [3.8, 4) is 0 Å². The fourth-order valence-electron chi connectivity index (χ4n) is 1.28. The molecule has 0 fully saturated rings. The average Bonchev–Trinajstić information content (AvgIpc) is 2.67. The Kier molecular flexibility index (Phi) is 4.00. The van der Waals surface area contributed by atoms with E-state index in [1.165, 1.54) is 13.1 Å². The number of aliphatic hydroxyl groups is 1. The van der Waals surface area contributed by atoms with Crippen LogP contribution in [0.4, 0.5) is 5.82 Å². The molecule has 0 radical (unpaired) electrons. The fraction of sp³-hybridized carbons (Fsp3) is 0.333. The maximum Gasteiger partial charge on any atom is 0.334 e. The molecule has 0 saturated carbocycles. The zero-order valence-electron chi connectivity index (χ0n) is 9.36. The van der Waals surface area contributed by atoms with Crippen molar-refractivity contribution >= 4 is 17.7 Å². The predicted octanol–water partition coefficient (Wildman–Crippen LogP) is -0.891. The quantitative estimate of drug-likeness (QED) is 0.462. The lowest BCUT2D eigenvalue weighted by molar-refractivity contribution is -0.391. The summed E-state index contributed by atoms with van der Waals surface area (Å²) in [7, 11) is 1.33. The Bertz CT molecular complexity index is 494. The second-order valence-corrected chi connectivity index (χ2v) is 3.46. The number of hydrogen-bond donors (Lipinski definition) is 3. The van der Waals surface area contributed by atoms with E-state index in [1.807, 2.05) is 0 Å². The van der Waals surface area contributed by atoms with Crippen LogP contribution in [0.2, 0.25) is 0 Å². The van der Waals surface area contributed by atoms with Crippen LogP contribution >= 0.6 is 0 Å². The summed E-state index contributed by atoms with van der Waals surface area (Å²) in [4.78, 5) is 31.8. The first kappa shape index (κ1) is 13.6. The van der Waals surface area contributed by atoms with Gasteiger partial charge in [-0.2, -0.15) is 0 Å². The van der Waals surface area contributed by atoms with Crippen LogP contribution in [0, 0.1) is 10.1 Å². The molecule has 18 heavy (non-hydrogen) atoms. The summed E-state index contributed by atoms with van der Waals surface area (Å²) in [6.45, 7) is -0.479. The van der Waals surface area contributed by atoms with Gasteiger partial charge in [-0.15, -0.1) is 0 Å². The second kappa shape index (κ2) is 5.27. The van der Waals surface area contributed by atoms with E-state index < -0.39 is 29.4 Å². The number of hydrogen-bond acceptors (Lipinski definition) is 5. The highest BCUT2D eigenvalue weighted by molar-refractivity contribution is 5.93. The number of nitrogens with one attached hydrogen (secondary N) is 1. The average molecular weight is 257 g/mol. The first-order chi connectivity index (χ1) is 8.34. The molecule has 1 aromatic heterocycles. The Morgan fingerprint density at radius 3 is 2.61 bits per heavy atom. The molecule has 3 N–H and O–H groups in total. The highest BCUT2D eigenvalue weighted by Gasteiger charge is 2.22. The maximum atomic E-state index is 11.6. The summed E-state index contributed by atoms with van der Waals surface area (Å²) in [5.41, 5.74) is -0.000659. The Morgan fingerprint density at radius 1 is 1.56 bits per heavy atom. The third-order valence-electron chi connectivity index (χ3n) is 2.26. The van der Waals surface area contributed by atoms with E-state index in [2.05, 4.69) is 5.32 Å². The van der Waals surface area contributed by atoms with Crippen molar-refractivity contribution < 1.29 is 24.7 Å². The van der Waals surface area contributed by atoms with Gasteiger partial charge < -0.3 is 25.6 Å². The predicted molar refractivity (Wildman–Crippen MR) is 58.0 cm³/mol. The molecule has 1 unspecified atom stereocenters. The minimum atomic E-state index is -1.72. The van der Waals surface area contributed by atoms with Crippen LogP contribution in [-0.4, -0.2) is 44.2 Å². The topological polar surface area (TPSA) is 135 Å². The molecule has 1 aromatic rings. The van der Waals surface area contributed by atoms with Crippen LogP contribution < -0.4 is 5.32 Å². The summed E-state index contributed by atoms with van der Waals surface area (Å²) in [6, 6.07) is 2.39. The van der Waals surface area contributed by atoms with E-state index in [9.17, 15) is 19.7 Å². The summed E-state index contributed by atoms with van der Waals surface area (Å²) in [5.74, 6) is -2.43. The molecule has 0 aliphatic rings. The number of nitro groups is 1. The first-order valence-electron chi connectivity index (χ1n) is 4.83. The summed E-state index contributed by atoms with van der Waals surface area (Å²) >= 11 is 0. The number of rotatable bonds is 5. The van der Waals surface area contributed by atoms with Crippen molar-refractivity contribution in [2.24, 2.45) is 7.05 Å². The van der Waals surface area contributed by atoms with Crippen LogP contribution in [0.25, 0.3) is 0 Å². The molecule has 0 saturated heterocycles. The maximum absolute atomic E-state index is 11.6. The molecular formula is C9H11N3O6. The van der Waals surface area contributed by atoms with Crippen molar-refractivity contribution in [2.45, 2.75) is 6.10 Å². The van der Waals surface area contributed by atoms with Gasteiger partial charge in [0.15, 0.2) is 11.8 Å². The van der Waals surface area contributed by atoms with Crippen molar-refractivity contribution in [2.75, 3.05) is 6.54 Å². The Balaban J connectivity index is 2.74. The van der Waals surface area contributed by atoms with Crippen molar-refractivity contribution in [1.82, 2.24) is 9.88 Å². The van der Waals surface area contributed by atoms with Gasteiger partial charge in [-0.3, -0.25) is 4.79 Å². The molecule has 0 aliphatic heterocycles. The number of carbonyl (C=O) groups excluding carboxylic acids is 1. The zero-order chi connectivity index (χ0) is 13.9. The van der Waals surface area contributed by atoms with E-state index in [4.69, 9.17) is 10.2 Å². The minimum Gasteiger partial charge on any atom is -0.479 e.